The molecule has 37 heavy (non-hydrogen) atoms. The zero-order chi connectivity index (χ0) is 27.8. The van der Waals surface area contributed by atoms with Crippen LogP contribution in [0.2, 0.25) is 0 Å². The second-order valence-electron chi connectivity index (χ2n) is 13.4. The Labute approximate surface area is 223 Å². The van der Waals surface area contributed by atoms with Gasteiger partial charge in [0.15, 0.2) is 0 Å². The number of hydrogen-bond donors (Lipinski definition) is 3. The second kappa shape index (κ2) is 10.4. The molecule has 3 rings (SSSR count). The lowest BCUT2D eigenvalue weighted by atomic mass is 9.85. The Kier molecular flexibility index (Phi) is 8.05. The van der Waals surface area contributed by atoms with E-state index in [1.165, 1.54) is 0 Å². The summed E-state index contributed by atoms with van der Waals surface area (Å²) in [6.45, 7) is 21.1. The summed E-state index contributed by atoms with van der Waals surface area (Å²) in [6.07, 6.45) is 0. The molecule has 0 saturated carbocycles. The number of rotatable bonds is 6. The van der Waals surface area contributed by atoms with Crippen molar-refractivity contribution in [1.82, 2.24) is 4.90 Å². The molecule has 200 valence electrons. The second-order valence-corrected chi connectivity index (χ2v) is 13.4. The van der Waals surface area contributed by atoms with Crippen molar-refractivity contribution in [2.24, 2.45) is 0 Å². The van der Waals surface area contributed by atoms with Gasteiger partial charge in [-0.3, -0.25) is 4.90 Å². The first-order valence-corrected chi connectivity index (χ1v) is 13.1. The molecular weight excluding hydrogens is 458 g/mol. The quantitative estimate of drug-likeness (QED) is 0.320. The Morgan fingerprint density at radius 3 is 0.919 bits per heavy atom. The molecule has 0 aliphatic heterocycles. The van der Waals surface area contributed by atoms with Crippen molar-refractivity contribution in [2.75, 3.05) is 0 Å². The summed E-state index contributed by atoms with van der Waals surface area (Å²) in [7, 11) is 0. The minimum atomic E-state index is -0.165. The molecule has 3 aromatic rings. The Hall–Kier alpha value is -2.98. The molecular formula is C33H45NO3. The molecule has 0 atom stereocenters. The summed E-state index contributed by atoms with van der Waals surface area (Å²) in [6, 6.07) is 17.7. The smallest absolute Gasteiger partial charge is 0.119 e. The third kappa shape index (κ3) is 7.29. The van der Waals surface area contributed by atoms with Crippen molar-refractivity contribution in [3.8, 4) is 17.2 Å². The maximum atomic E-state index is 10.5. The Bertz CT molecular complexity index is 1080. The van der Waals surface area contributed by atoms with Crippen molar-refractivity contribution < 1.29 is 15.3 Å². The van der Waals surface area contributed by atoms with E-state index in [2.05, 4.69) is 85.4 Å². The normalized spacial score (nSPS) is 12.8. The van der Waals surface area contributed by atoms with Gasteiger partial charge < -0.3 is 15.3 Å². The van der Waals surface area contributed by atoms with Crippen LogP contribution in [-0.2, 0) is 35.9 Å². The minimum Gasteiger partial charge on any atom is -0.508 e. The van der Waals surface area contributed by atoms with Crippen LogP contribution in [0.5, 0.6) is 17.2 Å². The molecule has 4 heteroatoms. The third-order valence-corrected chi connectivity index (χ3v) is 6.83. The predicted molar refractivity (Wildman–Crippen MR) is 153 cm³/mol. The van der Waals surface area contributed by atoms with Gasteiger partial charge in [0.25, 0.3) is 0 Å². The van der Waals surface area contributed by atoms with E-state index in [9.17, 15) is 15.3 Å². The molecule has 0 aliphatic rings. The molecule has 0 unspecified atom stereocenters. The molecule has 0 fully saturated rings. The molecule has 0 bridgehead atoms. The van der Waals surface area contributed by atoms with Crippen LogP contribution in [0.15, 0.2) is 54.6 Å². The van der Waals surface area contributed by atoms with E-state index in [0.717, 1.165) is 33.4 Å². The molecule has 0 heterocycles. The van der Waals surface area contributed by atoms with E-state index in [4.69, 9.17) is 0 Å². The van der Waals surface area contributed by atoms with Crippen LogP contribution in [0.1, 0.15) is 95.7 Å². The summed E-state index contributed by atoms with van der Waals surface area (Å²) in [4.78, 5) is 2.37. The van der Waals surface area contributed by atoms with Crippen LogP contribution in [-0.4, -0.2) is 20.2 Å². The summed E-state index contributed by atoms with van der Waals surface area (Å²) in [5, 5.41) is 31.4. The fourth-order valence-electron chi connectivity index (χ4n) is 4.79. The Morgan fingerprint density at radius 2 is 0.703 bits per heavy atom. The zero-order valence-electron chi connectivity index (χ0n) is 24.1. The summed E-state index contributed by atoms with van der Waals surface area (Å²) in [5.74, 6) is 0.971. The van der Waals surface area contributed by atoms with Crippen LogP contribution in [0.4, 0.5) is 0 Å². The van der Waals surface area contributed by atoms with Gasteiger partial charge in [0, 0.05) is 19.6 Å². The molecule has 3 aromatic carbocycles. The van der Waals surface area contributed by atoms with Crippen molar-refractivity contribution in [1.29, 1.82) is 0 Å². The van der Waals surface area contributed by atoms with Gasteiger partial charge in [-0.15, -0.1) is 0 Å². The van der Waals surface area contributed by atoms with Gasteiger partial charge in [-0.25, -0.2) is 0 Å². The average Bonchev–Trinajstić information content (AvgIpc) is 2.75. The van der Waals surface area contributed by atoms with Crippen LogP contribution in [0, 0.1) is 0 Å². The van der Waals surface area contributed by atoms with Crippen molar-refractivity contribution >= 4 is 0 Å². The number of phenolic OH excluding ortho intramolecular Hbond substituents is 3. The van der Waals surface area contributed by atoms with Crippen LogP contribution < -0.4 is 0 Å². The monoisotopic (exact) mass is 503 g/mol. The first-order chi connectivity index (χ1) is 16.9. The van der Waals surface area contributed by atoms with Gasteiger partial charge >= 0.3 is 0 Å². The number of nitrogens with zero attached hydrogens (tertiary/aromatic N) is 1. The lowest BCUT2D eigenvalue weighted by Gasteiger charge is -2.27. The fraction of sp³-hybridized carbons (Fsp3) is 0.455. The molecule has 0 aliphatic carbocycles. The standard InChI is InChI=1S/C33H45NO3/c1-31(2,3)25-16-22(10-13-28(25)35)19-34(20-23-11-14-29(36)26(17-23)32(4,5)6)21-24-12-15-30(37)27(18-24)33(7,8)9/h10-18,35-37H,19-21H2,1-9H3. The van der Waals surface area contributed by atoms with E-state index < -0.39 is 0 Å². The number of hydrogen-bond acceptors (Lipinski definition) is 4. The van der Waals surface area contributed by atoms with E-state index in [0.29, 0.717) is 36.9 Å². The van der Waals surface area contributed by atoms with Gasteiger partial charge in [-0.1, -0.05) is 98.7 Å². The van der Waals surface area contributed by atoms with Gasteiger partial charge in [-0.2, -0.15) is 0 Å². The van der Waals surface area contributed by atoms with E-state index in [1.807, 2.05) is 18.2 Å². The van der Waals surface area contributed by atoms with E-state index in [-0.39, 0.29) is 16.2 Å². The number of phenols is 3. The number of aromatic hydroxyl groups is 3. The molecule has 0 radical (unpaired) electrons. The SMILES string of the molecule is CC(C)(C)c1cc(CN(Cc2ccc(O)c(C(C)(C)C)c2)Cc2ccc(O)c(C(C)(C)C)c2)ccc1O. The van der Waals surface area contributed by atoms with Crippen molar-refractivity contribution in [3.05, 3.63) is 88.0 Å². The zero-order valence-corrected chi connectivity index (χ0v) is 24.1. The highest BCUT2D eigenvalue weighted by molar-refractivity contribution is 5.43. The van der Waals surface area contributed by atoms with E-state index >= 15 is 0 Å². The summed E-state index contributed by atoms with van der Waals surface area (Å²) < 4.78 is 0. The summed E-state index contributed by atoms with van der Waals surface area (Å²) >= 11 is 0. The highest BCUT2D eigenvalue weighted by atomic mass is 16.3. The van der Waals surface area contributed by atoms with Crippen molar-refractivity contribution in [3.63, 3.8) is 0 Å². The Morgan fingerprint density at radius 1 is 0.459 bits per heavy atom. The maximum Gasteiger partial charge on any atom is 0.119 e. The lowest BCUT2D eigenvalue weighted by molar-refractivity contribution is 0.247. The molecule has 3 N–H and O–H groups in total. The summed E-state index contributed by atoms with van der Waals surface area (Å²) in [5.41, 5.74) is 5.71. The Balaban J connectivity index is 2.00. The predicted octanol–water partition coefficient (Wildman–Crippen LogP) is 7.90. The molecule has 0 amide bonds. The maximum absolute atomic E-state index is 10.5. The van der Waals surface area contributed by atoms with Gasteiger partial charge in [0.2, 0.25) is 0 Å². The van der Waals surface area contributed by atoms with Gasteiger partial charge in [-0.05, 0) is 67.8 Å². The van der Waals surface area contributed by atoms with E-state index in [1.54, 1.807) is 18.2 Å². The first-order valence-electron chi connectivity index (χ1n) is 13.1. The highest BCUT2D eigenvalue weighted by Crippen LogP contribution is 2.35. The fourth-order valence-corrected chi connectivity index (χ4v) is 4.79. The molecule has 4 nitrogen and oxygen atoms in total. The highest BCUT2D eigenvalue weighted by Gasteiger charge is 2.22. The van der Waals surface area contributed by atoms with Crippen LogP contribution >= 0.6 is 0 Å². The minimum absolute atomic E-state index is 0.165. The largest absolute Gasteiger partial charge is 0.508 e. The van der Waals surface area contributed by atoms with Crippen molar-refractivity contribution in [2.45, 2.75) is 98.2 Å². The van der Waals surface area contributed by atoms with Crippen LogP contribution in [0.25, 0.3) is 0 Å². The van der Waals surface area contributed by atoms with Crippen LogP contribution in [0.3, 0.4) is 0 Å². The van der Waals surface area contributed by atoms with Gasteiger partial charge in [0.05, 0.1) is 0 Å². The molecule has 0 aromatic heterocycles. The number of benzene rings is 3. The topological polar surface area (TPSA) is 63.9 Å². The lowest BCUT2D eigenvalue weighted by Crippen LogP contribution is -2.24. The average molecular weight is 504 g/mol. The third-order valence-electron chi connectivity index (χ3n) is 6.83. The molecule has 0 spiro atoms. The molecule has 0 saturated heterocycles. The first kappa shape index (κ1) is 28.6. The van der Waals surface area contributed by atoms with Gasteiger partial charge in [0.1, 0.15) is 17.2 Å².